The third-order valence-electron chi connectivity index (χ3n) is 5.21. The van der Waals surface area contributed by atoms with E-state index in [1.807, 2.05) is 50.4 Å². The quantitative estimate of drug-likeness (QED) is 0.463. The summed E-state index contributed by atoms with van der Waals surface area (Å²) in [5.74, 6) is 1.42. The van der Waals surface area contributed by atoms with Crippen LogP contribution >= 0.6 is 11.3 Å². The van der Waals surface area contributed by atoms with E-state index in [0.717, 1.165) is 34.9 Å². The average molecular weight is 435 g/mol. The molecule has 0 spiro atoms. The van der Waals surface area contributed by atoms with Gasteiger partial charge in [0.2, 0.25) is 5.89 Å². The Morgan fingerprint density at radius 1 is 1.23 bits per heavy atom. The molecule has 1 fully saturated rings. The van der Waals surface area contributed by atoms with Gasteiger partial charge in [-0.05, 0) is 30.9 Å². The molecule has 5 rings (SSSR count). The van der Waals surface area contributed by atoms with E-state index < -0.39 is 0 Å². The van der Waals surface area contributed by atoms with Gasteiger partial charge in [-0.3, -0.25) is 4.79 Å². The van der Waals surface area contributed by atoms with Crippen molar-refractivity contribution in [2.75, 3.05) is 0 Å². The molecule has 1 aromatic carbocycles. The lowest BCUT2D eigenvalue weighted by molar-refractivity contribution is 0.0909. The van der Waals surface area contributed by atoms with Gasteiger partial charge in [0.25, 0.3) is 5.91 Å². The SMILES string of the molecule is CC(C)C(NC(=O)c1csc(-c2cnn(-c3ccccc3)c2)n1)c1nc(C2CC2)no1. The lowest BCUT2D eigenvalue weighted by atomic mass is 10.0. The predicted octanol–water partition coefficient (Wildman–Crippen LogP) is 4.38. The van der Waals surface area contributed by atoms with Gasteiger partial charge in [0.05, 0.1) is 11.9 Å². The van der Waals surface area contributed by atoms with Gasteiger partial charge in [-0.2, -0.15) is 10.1 Å². The molecule has 9 heteroatoms. The van der Waals surface area contributed by atoms with E-state index in [-0.39, 0.29) is 17.9 Å². The van der Waals surface area contributed by atoms with Crippen molar-refractivity contribution in [2.45, 2.75) is 38.6 Å². The van der Waals surface area contributed by atoms with Gasteiger partial charge in [-0.25, -0.2) is 9.67 Å². The number of amides is 1. The number of benzene rings is 1. The third-order valence-corrected chi connectivity index (χ3v) is 6.10. The Bertz CT molecular complexity index is 1190. The zero-order chi connectivity index (χ0) is 21.4. The highest BCUT2D eigenvalue weighted by molar-refractivity contribution is 7.13. The maximum Gasteiger partial charge on any atom is 0.271 e. The summed E-state index contributed by atoms with van der Waals surface area (Å²) in [6.07, 6.45) is 5.85. The minimum atomic E-state index is -0.363. The summed E-state index contributed by atoms with van der Waals surface area (Å²) < 4.78 is 7.23. The summed E-state index contributed by atoms with van der Waals surface area (Å²) in [6.45, 7) is 4.02. The topological polar surface area (TPSA) is 98.7 Å². The van der Waals surface area contributed by atoms with Gasteiger partial charge >= 0.3 is 0 Å². The van der Waals surface area contributed by atoms with Crippen molar-refractivity contribution in [3.8, 4) is 16.3 Å². The molecule has 1 amide bonds. The van der Waals surface area contributed by atoms with E-state index in [9.17, 15) is 4.79 Å². The smallest absolute Gasteiger partial charge is 0.271 e. The first-order valence-electron chi connectivity index (χ1n) is 10.3. The third kappa shape index (κ3) is 4.13. The molecule has 0 aliphatic heterocycles. The maximum absolute atomic E-state index is 12.9. The largest absolute Gasteiger partial charge is 0.339 e. The summed E-state index contributed by atoms with van der Waals surface area (Å²) in [7, 11) is 0. The number of para-hydroxylation sites is 1. The molecule has 3 heterocycles. The van der Waals surface area contributed by atoms with E-state index in [2.05, 4.69) is 25.5 Å². The summed E-state index contributed by atoms with van der Waals surface area (Å²) in [4.78, 5) is 21.9. The fraction of sp³-hybridized carbons (Fsp3) is 0.318. The zero-order valence-corrected chi connectivity index (χ0v) is 18.0. The molecule has 3 aromatic heterocycles. The molecular formula is C22H22N6O2S. The standard InChI is InChI=1S/C22H22N6O2S/c1-13(2)18(21-26-19(27-30-21)14-8-9-14)25-20(29)17-12-31-22(24-17)15-10-23-28(11-15)16-6-4-3-5-7-16/h3-7,10-14,18H,8-9H2,1-2H3,(H,25,29). The minimum Gasteiger partial charge on any atom is -0.339 e. The number of carbonyl (C=O) groups excluding carboxylic acids is 1. The summed E-state index contributed by atoms with van der Waals surface area (Å²) in [5.41, 5.74) is 2.19. The normalized spacial score (nSPS) is 14.7. The van der Waals surface area contributed by atoms with Crippen LogP contribution in [0.4, 0.5) is 0 Å². The number of hydrogen-bond donors (Lipinski definition) is 1. The van der Waals surface area contributed by atoms with Gasteiger partial charge in [0, 0.05) is 23.1 Å². The maximum atomic E-state index is 12.9. The summed E-state index contributed by atoms with van der Waals surface area (Å²) >= 11 is 1.41. The zero-order valence-electron chi connectivity index (χ0n) is 17.2. The summed E-state index contributed by atoms with van der Waals surface area (Å²) in [6, 6.07) is 9.49. The number of aromatic nitrogens is 5. The van der Waals surface area contributed by atoms with Crippen LogP contribution in [-0.2, 0) is 0 Å². The van der Waals surface area contributed by atoms with E-state index in [4.69, 9.17) is 4.52 Å². The van der Waals surface area contributed by atoms with Crippen molar-refractivity contribution in [1.29, 1.82) is 0 Å². The first-order valence-corrected chi connectivity index (χ1v) is 11.2. The Kier molecular flexibility index (Phi) is 5.11. The highest BCUT2D eigenvalue weighted by Crippen LogP contribution is 2.38. The average Bonchev–Trinajstić information content (AvgIpc) is 3.18. The predicted molar refractivity (Wildman–Crippen MR) is 116 cm³/mol. The molecule has 1 atom stereocenters. The lowest BCUT2D eigenvalue weighted by Gasteiger charge is -2.17. The second-order valence-corrected chi connectivity index (χ2v) is 8.87. The fourth-order valence-electron chi connectivity index (χ4n) is 3.28. The van der Waals surface area contributed by atoms with E-state index in [1.54, 1.807) is 16.3 Å². The lowest BCUT2D eigenvalue weighted by Crippen LogP contribution is -2.32. The van der Waals surface area contributed by atoms with Crippen LogP contribution in [0.1, 0.15) is 60.9 Å². The summed E-state index contributed by atoms with van der Waals surface area (Å²) in [5, 5.41) is 14.0. The van der Waals surface area contributed by atoms with Crippen molar-refractivity contribution < 1.29 is 9.32 Å². The molecule has 1 unspecified atom stereocenters. The van der Waals surface area contributed by atoms with Crippen LogP contribution in [0.2, 0.25) is 0 Å². The van der Waals surface area contributed by atoms with Crippen LogP contribution in [0.25, 0.3) is 16.3 Å². The first kappa shape index (κ1) is 19.6. The molecule has 158 valence electrons. The van der Waals surface area contributed by atoms with Gasteiger partial charge < -0.3 is 9.84 Å². The molecule has 8 nitrogen and oxygen atoms in total. The number of rotatable bonds is 7. The van der Waals surface area contributed by atoms with Crippen molar-refractivity contribution in [3.63, 3.8) is 0 Å². The second-order valence-electron chi connectivity index (χ2n) is 8.01. The van der Waals surface area contributed by atoms with E-state index in [1.165, 1.54) is 11.3 Å². The molecular weight excluding hydrogens is 412 g/mol. The van der Waals surface area contributed by atoms with E-state index >= 15 is 0 Å². The highest BCUT2D eigenvalue weighted by Gasteiger charge is 2.32. The molecule has 4 aromatic rings. The molecule has 1 saturated carbocycles. The van der Waals surface area contributed by atoms with Gasteiger partial charge in [-0.15, -0.1) is 11.3 Å². The van der Waals surface area contributed by atoms with Crippen molar-refractivity contribution in [3.05, 3.63) is 65.5 Å². The van der Waals surface area contributed by atoms with E-state index in [0.29, 0.717) is 17.5 Å². The molecule has 0 bridgehead atoms. The van der Waals surface area contributed by atoms with Crippen molar-refractivity contribution in [2.24, 2.45) is 5.92 Å². The molecule has 1 aliphatic rings. The van der Waals surface area contributed by atoms with Crippen LogP contribution < -0.4 is 5.32 Å². The Balaban J connectivity index is 1.31. The second kappa shape index (κ2) is 8.07. The van der Waals surface area contributed by atoms with Crippen LogP contribution in [0.15, 0.2) is 52.6 Å². The number of carbonyl (C=O) groups is 1. The number of nitrogens with zero attached hydrogens (tertiary/aromatic N) is 5. The molecule has 1 aliphatic carbocycles. The van der Waals surface area contributed by atoms with Crippen LogP contribution in [0, 0.1) is 5.92 Å². The molecule has 0 saturated heterocycles. The Morgan fingerprint density at radius 2 is 2.03 bits per heavy atom. The Labute approximate surface area is 183 Å². The van der Waals surface area contributed by atoms with Crippen LogP contribution in [0.5, 0.6) is 0 Å². The molecule has 0 radical (unpaired) electrons. The van der Waals surface area contributed by atoms with Gasteiger partial charge in [0.1, 0.15) is 16.7 Å². The Morgan fingerprint density at radius 3 is 2.77 bits per heavy atom. The van der Waals surface area contributed by atoms with Gasteiger partial charge in [-0.1, -0.05) is 37.2 Å². The number of hydrogen-bond acceptors (Lipinski definition) is 7. The highest BCUT2D eigenvalue weighted by atomic mass is 32.1. The van der Waals surface area contributed by atoms with Crippen molar-refractivity contribution >= 4 is 17.2 Å². The van der Waals surface area contributed by atoms with Crippen LogP contribution in [0.3, 0.4) is 0 Å². The Hall–Kier alpha value is -3.33. The number of nitrogens with one attached hydrogen (secondary N) is 1. The first-order chi connectivity index (χ1) is 15.1. The fourth-order valence-corrected chi connectivity index (χ4v) is 4.05. The van der Waals surface area contributed by atoms with Crippen LogP contribution in [-0.4, -0.2) is 30.8 Å². The minimum absolute atomic E-state index is 0.0960. The molecule has 31 heavy (non-hydrogen) atoms. The molecule has 1 N–H and O–H groups in total. The van der Waals surface area contributed by atoms with Gasteiger partial charge in [0.15, 0.2) is 5.82 Å². The number of thiazole rings is 1. The monoisotopic (exact) mass is 434 g/mol. The van der Waals surface area contributed by atoms with Crippen molar-refractivity contribution in [1.82, 2.24) is 30.2 Å².